The molecule has 0 radical (unpaired) electrons. The normalized spacial score (nSPS) is 16.6. The summed E-state index contributed by atoms with van der Waals surface area (Å²) in [4.78, 5) is 38.5. The first kappa shape index (κ1) is 20.4. The molecular weight excluding hydrogens is 354 g/mol. The van der Waals surface area contributed by atoms with E-state index in [0.29, 0.717) is 22.5 Å². The number of rotatable bonds is 5. The number of carbonyl (C=O) groups is 3. The lowest BCUT2D eigenvalue weighted by molar-refractivity contribution is -0.145. The van der Waals surface area contributed by atoms with E-state index in [-0.39, 0.29) is 25.1 Å². The summed E-state index contributed by atoms with van der Waals surface area (Å²) in [7, 11) is 0. The highest BCUT2D eigenvalue weighted by Crippen LogP contribution is 2.44. The Morgan fingerprint density at radius 2 is 1.81 bits per heavy atom. The number of aryl methyl sites for hydroxylation is 1. The van der Waals surface area contributed by atoms with Gasteiger partial charge in [0.25, 0.3) is 0 Å². The van der Waals surface area contributed by atoms with Gasteiger partial charge in [0, 0.05) is 10.3 Å². The zero-order chi connectivity index (χ0) is 19.5. The summed E-state index contributed by atoms with van der Waals surface area (Å²) in [5.74, 6) is -1.51. The van der Waals surface area contributed by atoms with Crippen LogP contribution in [0.2, 0.25) is 0 Å². The fourth-order valence-electron chi connectivity index (χ4n) is 2.92. The predicted octanol–water partition coefficient (Wildman–Crippen LogP) is 3.89. The fraction of sp³-hybridized carbons (Fsp3) is 0.632. The van der Waals surface area contributed by atoms with Crippen LogP contribution >= 0.6 is 11.3 Å². The molecule has 7 heteroatoms. The summed E-state index contributed by atoms with van der Waals surface area (Å²) < 4.78 is 10.4. The Balaban J connectivity index is 2.52. The van der Waals surface area contributed by atoms with Gasteiger partial charge in [0.05, 0.1) is 24.7 Å². The zero-order valence-corrected chi connectivity index (χ0v) is 16.9. The van der Waals surface area contributed by atoms with Crippen LogP contribution in [0.25, 0.3) is 0 Å². The van der Waals surface area contributed by atoms with Crippen molar-refractivity contribution < 1.29 is 23.9 Å². The Hall–Kier alpha value is -1.89. The molecule has 144 valence electrons. The van der Waals surface area contributed by atoms with E-state index in [2.05, 4.69) is 5.32 Å². The number of hydrogen-bond acceptors (Lipinski definition) is 6. The largest absolute Gasteiger partial charge is 0.466 e. The molecule has 1 amide bonds. The highest BCUT2D eigenvalue weighted by Gasteiger charge is 2.37. The Bertz CT molecular complexity index is 702. The van der Waals surface area contributed by atoms with Gasteiger partial charge in [-0.2, -0.15) is 0 Å². The minimum absolute atomic E-state index is 0.186. The number of esters is 2. The standard InChI is InChI=1S/C19H27NO5S/c1-6-24-16(21)11-9-8-10-12-13(11)14(17(22)25-7-2)15(26-12)20-18(23)19(3,4)5/h11H,6-10H2,1-5H3,(H,20,23). The van der Waals surface area contributed by atoms with Gasteiger partial charge in [-0.25, -0.2) is 4.79 Å². The minimum atomic E-state index is -0.600. The van der Waals surface area contributed by atoms with Crippen LogP contribution in [-0.2, 0) is 25.5 Å². The Morgan fingerprint density at radius 1 is 1.15 bits per heavy atom. The van der Waals surface area contributed by atoms with E-state index >= 15 is 0 Å². The van der Waals surface area contributed by atoms with Gasteiger partial charge >= 0.3 is 11.9 Å². The first-order valence-electron chi connectivity index (χ1n) is 9.01. The molecule has 26 heavy (non-hydrogen) atoms. The molecule has 0 fully saturated rings. The van der Waals surface area contributed by atoms with E-state index in [1.807, 2.05) is 0 Å². The van der Waals surface area contributed by atoms with Crippen LogP contribution in [0.5, 0.6) is 0 Å². The van der Waals surface area contributed by atoms with Crippen molar-refractivity contribution in [3.05, 3.63) is 16.0 Å². The van der Waals surface area contributed by atoms with Crippen LogP contribution in [0.1, 0.15) is 74.2 Å². The maximum atomic E-state index is 12.6. The van der Waals surface area contributed by atoms with Gasteiger partial charge in [0.15, 0.2) is 0 Å². The van der Waals surface area contributed by atoms with Gasteiger partial charge in [0.2, 0.25) is 5.91 Å². The van der Waals surface area contributed by atoms with Crippen molar-refractivity contribution in [3.8, 4) is 0 Å². The van der Waals surface area contributed by atoms with E-state index in [1.54, 1.807) is 34.6 Å². The van der Waals surface area contributed by atoms with Crippen molar-refractivity contribution in [2.24, 2.45) is 5.41 Å². The molecule has 1 atom stereocenters. The average Bonchev–Trinajstić information content (AvgIpc) is 2.92. The highest BCUT2D eigenvalue weighted by molar-refractivity contribution is 7.17. The summed E-state index contributed by atoms with van der Waals surface area (Å²) in [5, 5.41) is 3.33. The van der Waals surface area contributed by atoms with E-state index in [9.17, 15) is 14.4 Å². The van der Waals surface area contributed by atoms with Gasteiger partial charge in [-0.1, -0.05) is 20.8 Å². The van der Waals surface area contributed by atoms with Gasteiger partial charge in [-0.15, -0.1) is 11.3 Å². The van der Waals surface area contributed by atoms with Gasteiger partial charge in [-0.3, -0.25) is 9.59 Å². The molecule has 0 saturated carbocycles. The van der Waals surface area contributed by atoms with Crippen molar-refractivity contribution in [3.63, 3.8) is 0 Å². The molecule has 0 spiro atoms. The predicted molar refractivity (Wildman–Crippen MR) is 101 cm³/mol. The van der Waals surface area contributed by atoms with Crippen molar-refractivity contribution in [1.29, 1.82) is 0 Å². The lowest BCUT2D eigenvalue weighted by atomic mass is 9.85. The quantitative estimate of drug-likeness (QED) is 0.783. The molecule has 0 aliphatic heterocycles. The Kier molecular flexibility index (Phi) is 6.44. The molecule has 1 N–H and O–H groups in total. The lowest BCUT2D eigenvalue weighted by Gasteiger charge is -2.22. The van der Waals surface area contributed by atoms with Crippen LogP contribution in [0.3, 0.4) is 0 Å². The molecule has 2 rings (SSSR count). The second-order valence-corrected chi connectivity index (χ2v) is 8.37. The van der Waals surface area contributed by atoms with Crippen molar-refractivity contribution in [2.45, 2.75) is 59.8 Å². The monoisotopic (exact) mass is 381 g/mol. The number of ether oxygens (including phenoxy) is 2. The molecule has 0 saturated heterocycles. The number of anilines is 1. The molecule has 0 aromatic carbocycles. The fourth-order valence-corrected chi connectivity index (χ4v) is 4.21. The molecule has 1 heterocycles. The number of hydrogen-bond donors (Lipinski definition) is 1. The van der Waals surface area contributed by atoms with E-state index < -0.39 is 17.3 Å². The Morgan fingerprint density at radius 3 is 2.38 bits per heavy atom. The topological polar surface area (TPSA) is 81.7 Å². The second-order valence-electron chi connectivity index (χ2n) is 7.26. The molecule has 1 aliphatic carbocycles. The SMILES string of the molecule is CCOC(=O)c1c(NC(=O)C(C)(C)C)sc2c1C(C(=O)OCC)CCC2. The van der Waals surface area contributed by atoms with Gasteiger partial charge < -0.3 is 14.8 Å². The third-order valence-corrected chi connectivity index (χ3v) is 5.41. The smallest absolute Gasteiger partial charge is 0.341 e. The van der Waals surface area contributed by atoms with Crippen LogP contribution in [0, 0.1) is 5.41 Å². The van der Waals surface area contributed by atoms with E-state index in [0.717, 1.165) is 17.7 Å². The second kappa shape index (κ2) is 8.20. The molecule has 6 nitrogen and oxygen atoms in total. The lowest BCUT2D eigenvalue weighted by Crippen LogP contribution is -2.28. The van der Waals surface area contributed by atoms with Crippen molar-refractivity contribution in [2.75, 3.05) is 18.5 Å². The maximum absolute atomic E-state index is 12.6. The number of nitrogens with one attached hydrogen (secondary N) is 1. The summed E-state index contributed by atoms with van der Waals surface area (Å²) in [6.07, 6.45) is 2.24. The van der Waals surface area contributed by atoms with Crippen molar-refractivity contribution >= 4 is 34.2 Å². The molecule has 1 aliphatic rings. The summed E-state index contributed by atoms with van der Waals surface area (Å²) in [6.45, 7) is 9.42. The summed E-state index contributed by atoms with van der Waals surface area (Å²) in [6, 6.07) is 0. The number of thiophene rings is 1. The number of amides is 1. The molecule has 1 aromatic heterocycles. The third kappa shape index (κ3) is 4.26. The average molecular weight is 381 g/mol. The highest BCUT2D eigenvalue weighted by atomic mass is 32.1. The molecule has 1 aromatic rings. The third-order valence-electron chi connectivity index (χ3n) is 4.23. The number of fused-ring (bicyclic) bond motifs is 1. The van der Waals surface area contributed by atoms with Crippen LogP contribution < -0.4 is 5.32 Å². The van der Waals surface area contributed by atoms with Crippen molar-refractivity contribution in [1.82, 2.24) is 0 Å². The first-order chi connectivity index (χ1) is 12.2. The van der Waals surface area contributed by atoms with Crippen LogP contribution in [-0.4, -0.2) is 31.1 Å². The van der Waals surface area contributed by atoms with E-state index in [4.69, 9.17) is 9.47 Å². The summed E-state index contributed by atoms with van der Waals surface area (Å²) >= 11 is 1.36. The van der Waals surface area contributed by atoms with Crippen LogP contribution in [0.4, 0.5) is 5.00 Å². The first-order valence-corrected chi connectivity index (χ1v) is 9.83. The van der Waals surface area contributed by atoms with Crippen LogP contribution in [0.15, 0.2) is 0 Å². The van der Waals surface area contributed by atoms with E-state index in [1.165, 1.54) is 11.3 Å². The van der Waals surface area contributed by atoms with Gasteiger partial charge in [0.1, 0.15) is 5.00 Å². The molecule has 1 unspecified atom stereocenters. The van der Waals surface area contributed by atoms with Gasteiger partial charge in [-0.05, 0) is 38.7 Å². The summed E-state index contributed by atoms with van der Waals surface area (Å²) in [5.41, 5.74) is 0.376. The molecular formula is C19H27NO5S. The number of carbonyl (C=O) groups excluding carboxylic acids is 3. The molecule has 0 bridgehead atoms. The maximum Gasteiger partial charge on any atom is 0.341 e. The minimum Gasteiger partial charge on any atom is -0.466 e. The Labute approximate surface area is 158 Å². The zero-order valence-electron chi connectivity index (χ0n) is 16.1.